The minimum Gasteiger partial charge on any atom is -0.346 e. The number of imidazole rings is 1. The summed E-state index contributed by atoms with van der Waals surface area (Å²) in [5.74, 6) is -0.193. The van der Waals surface area contributed by atoms with Crippen molar-refractivity contribution in [1.29, 1.82) is 0 Å². The Morgan fingerprint density at radius 2 is 2.26 bits per heavy atom. The van der Waals surface area contributed by atoms with Crippen molar-refractivity contribution in [3.05, 3.63) is 40.9 Å². The molecule has 9 heteroatoms. The van der Waals surface area contributed by atoms with E-state index in [0.29, 0.717) is 12.1 Å². The summed E-state index contributed by atoms with van der Waals surface area (Å²) in [5.41, 5.74) is 2.85. The Bertz CT molecular complexity index is 997. The third-order valence-corrected chi connectivity index (χ3v) is 4.32. The number of aryl methyl sites for hydroxylation is 2. The zero-order valence-electron chi connectivity index (χ0n) is 12.5. The first-order chi connectivity index (χ1) is 11.1. The number of nitrogens with one attached hydrogen (secondary N) is 1. The number of aromatic nitrogens is 6. The normalized spacial score (nSPS) is 11.4. The second-order valence-corrected chi connectivity index (χ2v) is 6.32. The van der Waals surface area contributed by atoms with Crippen LogP contribution in [0.25, 0.3) is 16.0 Å². The lowest BCUT2D eigenvalue weighted by molar-refractivity contribution is 0.0950. The molecule has 0 fully saturated rings. The number of nitrogens with zero attached hydrogens (tertiary/aromatic N) is 6. The number of pyridine rings is 1. The van der Waals surface area contributed by atoms with Crippen molar-refractivity contribution in [3.8, 4) is 0 Å². The molecule has 0 aliphatic heterocycles. The van der Waals surface area contributed by atoms with E-state index < -0.39 is 0 Å². The molecule has 0 aromatic carbocycles. The molecule has 4 aromatic heterocycles. The minimum absolute atomic E-state index is 0.193. The lowest BCUT2D eigenvalue weighted by Crippen LogP contribution is -2.23. The molecule has 116 valence electrons. The number of hydrogen-bond donors (Lipinski definition) is 1. The Morgan fingerprint density at radius 1 is 1.39 bits per heavy atom. The van der Waals surface area contributed by atoms with Crippen molar-refractivity contribution < 1.29 is 4.79 Å². The van der Waals surface area contributed by atoms with E-state index in [-0.39, 0.29) is 5.91 Å². The second kappa shape index (κ2) is 5.13. The summed E-state index contributed by atoms with van der Waals surface area (Å²) >= 11 is 1.52. The Kier molecular flexibility index (Phi) is 3.08. The standard InChI is InChI=1S/C14H13N7OS/c1-8-19-21-7-10(18-14(21)23-8)5-16-13(22)9-3-12-11(15-4-9)6-17-20(12)2/h3-4,6-7H,5H2,1-2H3,(H,16,22). The molecule has 0 radical (unpaired) electrons. The first-order valence-electron chi connectivity index (χ1n) is 6.98. The van der Waals surface area contributed by atoms with Crippen molar-refractivity contribution >= 4 is 33.2 Å². The van der Waals surface area contributed by atoms with Gasteiger partial charge in [0, 0.05) is 13.2 Å². The van der Waals surface area contributed by atoms with Gasteiger partial charge in [-0.1, -0.05) is 11.3 Å². The molecular formula is C14H13N7OS. The van der Waals surface area contributed by atoms with Gasteiger partial charge in [-0.15, -0.1) is 0 Å². The number of carbonyl (C=O) groups excluding carboxylic acids is 1. The van der Waals surface area contributed by atoms with E-state index in [1.807, 2.05) is 20.2 Å². The molecule has 0 spiro atoms. The molecule has 0 aliphatic carbocycles. The second-order valence-electron chi connectivity index (χ2n) is 5.16. The molecule has 0 bridgehead atoms. The van der Waals surface area contributed by atoms with Crippen LogP contribution in [0.5, 0.6) is 0 Å². The predicted octanol–water partition coefficient (Wildman–Crippen LogP) is 1.31. The van der Waals surface area contributed by atoms with Crippen LogP contribution < -0.4 is 5.32 Å². The van der Waals surface area contributed by atoms with Crippen molar-refractivity contribution in [1.82, 2.24) is 34.7 Å². The quantitative estimate of drug-likeness (QED) is 0.613. The largest absolute Gasteiger partial charge is 0.346 e. The average molecular weight is 327 g/mol. The van der Waals surface area contributed by atoms with Gasteiger partial charge < -0.3 is 5.32 Å². The maximum Gasteiger partial charge on any atom is 0.253 e. The molecular weight excluding hydrogens is 314 g/mol. The summed E-state index contributed by atoms with van der Waals surface area (Å²) in [6, 6.07) is 1.78. The van der Waals surface area contributed by atoms with Crippen LogP contribution >= 0.6 is 11.3 Å². The summed E-state index contributed by atoms with van der Waals surface area (Å²) in [6.45, 7) is 2.28. The molecule has 4 aromatic rings. The van der Waals surface area contributed by atoms with Gasteiger partial charge in [-0.2, -0.15) is 10.2 Å². The summed E-state index contributed by atoms with van der Waals surface area (Å²) in [7, 11) is 1.82. The van der Waals surface area contributed by atoms with Gasteiger partial charge in [-0.25, -0.2) is 9.50 Å². The van der Waals surface area contributed by atoms with Crippen molar-refractivity contribution in [3.63, 3.8) is 0 Å². The molecule has 4 rings (SSSR count). The van der Waals surface area contributed by atoms with Crippen LogP contribution in [0.2, 0.25) is 0 Å². The highest BCUT2D eigenvalue weighted by Gasteiger charge is 2.11. The SMILES string of the molecule is Cc1nn2cc(CNC(=O)c3cnc4cnn(C)c4c3)nc2s1. The molecule has 4 heterocycles. The van der Waals surface area contributed by atoms with Gasteiger partial charge in [-0.05, 0) is 13.0 Å². The Hall–Kier alpha value is -2.81. The van der Waals surface area contributed by atoms with E-state index in [0.717, 1.165) is 26.7 Å². The lowest BCUT2D eigenvalue weighted by atomic mass is 10.2. The van der Waals surface area contributed by atoms with E-state index in [2.05, 4.69) is 25.5 Å². The first-order valence-corrected chi connectivity index (χ1v) is 7.79. The molecule has 1 amide bonds. The number of hydrogen-bond acceptors (Lipinski definition) is 6. The molecule has 0 saturated carbocycles. The zero-order valence-corrected chi connectivity index (χ0v) is 13.3. The van der Waals surface area contributed by atoms with E-state index in [9.17, 15) is 4.79 Å². The topological polar surface area (TPSA) is 90.0 Å². The van der Waals surface area contributed by atoms with E-state index in [1.54, 1.807) is 27.7 Å². The summed E-state index contributed by atoms with van der Waals surface area (Å²) in [4.78, 5) is 21.8. The molecule has 8 nitrogen and oxygen atoms in total. The van der Waals surface area contributed by atoms with Crippen LogP contribution in [0.15, 0.2) is 24.7 Å². The molecule has 0 unspecified atom stereocenters. The molecule has 23 heavy (non-hydrogen) atoms. The number of amides is 1. The van der Waals surface area contributed by atoms with Gasteiger partial charge in [0.25, 0.3) is 5.91 Å². The van der Waals surface area contributed by atoms with Crippen molar-refractivity contribution in [2.45, 2.75) is 13.5 Å². The highest BCUT2D eigenvalue weighted by atomic mass is 32.1. The Labute approximate surface area is 134 Å². The number of rotatable bonds is 3. The first kappa shape index (κ1) is 13.8. The maximum absolute atomic E-state index is 12.3. The lowest BCUT2D eigenvalue weighted by Gasteiger charge is -2.03. The Morgan fingerprint density at radius 3 is 3.09 bits per heavy atom. The molecule has 0 aliphatic rings. The fourth-order valence-corrected chi connectivity index (χ4v) is 3.10. The van der Waals surface area contributed by atoms with Gasteiger partial charge in [0.05, 0.1) is 35.7 Å². The van der Waals surface area contributed by atoms with Gasteiger partial charge in [0.1, 0.15) is 10.5 Å². The van der Waals surface area contributed by atoms with Gasteiger partial charge in [-0.3, -0.25) is 14.5 Å². The van der Waals surface area contributed by atoms with Crippen molar-refractivity contribution in [2.75, 3.05) is 0 Å². The monoisotopic (exact) mass is 327 g/mol. The van der Waals surface area contributed by atoms with Gasteiger partial charge >= 0.3 is 0 Å². The fourth-order valence-electron chi connectivity index (χ4n) is 2.35. The van der Waals surface area contributed by atoms with Crippen LogP contribution in [-0.4, -0.2) is 35.3 Å². The van der Waals surface area contributed by atoms with Crippen LogP contribution in [-0.2, 0) is 13.6 Å². The fraction of sp³-hybridized carbons (Fsp3) is 0.214. The maximum atomic E-state index is 12.3. The Balaban J connectivity index is 1.51. The summed E-state index contributed by atoms with van der Waals surface area (Å²) < 4.78 is 3.42. The minimum atomic E-state index is -0.193. The predicted molar refractivity (Wildman–Crippen MR) is 85.3 cm³/mol. The molecule has 0 saturated heterocycles. The van der Waals surface area contributed by atoms with Crippen LogP contribution in [0.3, 0.4) is 0 Å². The van der Waals surface area contributed by atoms with Crippen molar-refractivity contribution in [2.24, 2.45) is 7.05 Å². The highest BCUT2D eigenvalue weighted by molar-refractivity contribution is 7.16. The van der Waals surface area contributed by atoms with Crippen LogP contribution in [0.4, 0.5) is 0 Å². The third-order valence-electron chi connectivity index (χ3n) is 3.49. The van der Waals surface area contributed by atoms with Crippen LogP contribution in [0, 0.1) is 6.92 Å². The van der Waals surface area contributed by atoms with E-state index >= 15 is 0 Å². The number of carbonyl (C=O) groups is 1. The highest BCUT2D eigenvalue weighted by Crippen LogP contribution is 2.14. The molecule has 0 atom stereocenters. The summed E-state index contributed by atoms with van der Waals surface area (Å²) in [6.07, 6.45) is 5.04. The smallest absolute Gasteiger partial charge is 0.253 e. The van der Waals surface area contributed by atoms with Gasteiger partial charge in [0.15, 0.2) is 0 Å². The zero-order chi connectivity index (χ0) is 16.0. The van der Waals surface area contributed by atoms with Gasteiger partial charge in [0.2, 0.25) is 4.96 Å². The van der Waals surface area contributed by atoms with E-state index in [1.165, 1.54) is 11.3 Å². The third kappa shape index (κ3) is 2.44. The average Bonchev–Trinajstić information content (AvgIpc) is 3.18. The number of fused-ring (bicyclic) bond motifs is 2. The van der Waals surface area contributed by atoms with Crippen LogP contribution in [0.1, 0.15) is 21.1 Å². The molecule has 1 N–H and O–H groups in total. The summed E-state index contributed by atoms with van der Waals surface area (Å²) in [5, 5.41) is 12.2. The van der Waals surface area contributed by atoms with E-state index in [4.69, 9.17) is 0 Å².